The monoisotopic (exact) mass is 302 g/mol. The lowest BCUT2D eigenvalue weighted by Gasteiger charge is -2.02. The Morgan fingerprint density at radius 1 is 1.32 bits per heavy atom. The summed E-state index contributed by atoms with van der Waals surface area (Å²) < 4.78 is 10.1. The van der Waals surface area contributed by atoms with Crippen molar-refractivity contribution in [2.75, 3.05) is 27.4 Å². The number of aliphatic imine (C=N–C) groups is 1. The first-order chi connectivity index (χ1) is 10.6. The fourth-order valence-electron chi connectivity index (χ4n) is 2.41. The molecular weight excluding hydrogens is 280 g/mol. The van der Waals surface area contributed by atoms with Crippen molar-refractivity contribution in [1.82, 2.24) is 4.98 Å². The summed E-state index contributed by atoms with van der Waals surface area (Å²) in [5.41, 5.74) is 3.14. The lowest BCUT2D eigenvalue weighted by molar-refractivity contribution is -0.121. The predicted octanol–water partition coefficient (Wildman–Crippen LogP) is 2.79. The number of hydrogen-bond donors (Lipinski definition) is 1. The topological polar surface area (TPSA) is 63.7 Å². The predicted molar refractivity (Wildman–Crippen MR) is 88.0 cm³/mol. The van der Waals surface area contributed by atoms with Crippen LogP contribution >= 0.6 is 0 Å². The molecule has 0 aliphatic heterocycles. The van der Waals surface area contributed by atoms with Crippen LogP contribution in [0.1, 0.15) is 18.9 Å². The maximum Gasteiger partial charge on any atom is 0.164 e. The molecule has 0 saturated heterocycles. The molecule has 22 heavy (non-hydrogen) atoms. The molecule has 1 N–H and O–H groups in total. The molecule has 2 rings (SSSR count). The molecule has 5 nitrogen and oxygen atoms in total. The van der Waals surface area contributed by atoms with E-state index in [1.54, 1.807) is 7.11 Å². The van der Waals surface area contributed by atoms with Crippen LogP contribution in [0.2, 0.25) is 0 Å². The number of benzene rings is 1. The summed E-state index contributed by atoms with van der Waals surface area (Å²) in [5.74, 6) is 0.902. The number of aromatic nitrogens is 1. The second-order valence-corrected chi connectivity index (χ2v) is 5.24. The molecule has 0 aliphatic carbocycles. The average Bonchev–Trinajstić information content (AvgIpc) is 2.89. The zero-order valence-electron chi connectivity index (χ0n) is 13.3. The van der Waals surface area contributed by atoms with Gasteiger partial charge in [-0.3, -0.25) is 9.79 Å². The van der Waals surface area contributed by atoms with Crippen molar-refractivity contribution in [3.05, 3.63) is 30.0 Å². The van der Waals surface area contributed by atoms with E-state index in [1.807, 2.05) is 31.3 Å². The number of H-pyrrole nitrogens is 1. The van der Waals surface area contributed by atoms with Gasteiger partial charge in [-0.25, -0.2) is 0 Å². The number of ketones is 1. The van der Waals surface area contributed by atoms with Crippen molar-refractivity contribution >= 4 is 22.4 Å². The zero-order chi connectivity index (χ0) is 15.9. The number of methoxy groups -OCH3 is 2. The molecule has 0 atom stereocenters. The van der Waals surface area contributed by atoms with E-state index in [0.29, 0.717) is 13.0 Å². The molecule has 0 amide bonds. The Hall–Kier alpha value is -2.14. The lowest BCUT2D eigenvalue weighted by Crippen LogP contribution is -2.11. The van der Waals surface area contributed by atoms with Gasteiger partial charge in [-0.15, -0.1) is 0 Å². The number of nitrogens with zero attached hydrogens (tertiary/aromatic N) is 1. The normalized spacial score (nSPS) is 11.9. The molecule has 1 aromatic carbocycles. The van der Waals surface area contributed by atoms with Crippen LogP contribution in [0.3, 0.4) is 0 Å². The molecule has 2 aromatic rings. The van der Waals surface area contributed by atoms with Crippen molar-refractivity contribution in [3.8, 4) is 5.75 Å². The molecule has 118 valence electrons. The third-order valence-electron chi connectivity index (χ3n) is 3.50. The van der Waals surface area contributed by atoms with E-state index in [9.17, 15) is 4.79 Å². The highest BCUT2D eigenvalue weighted by molar-refractivity contribution is 6.01. The Balaban J connectivity index is 1.98. The van der Waals surface area contributed by atoms with Crippen molar-refractivity contribution in [2.24, 2.45) is 4.99 Å². The van der Waals surface area contributed by atoms with Crippen molar-refractivity contribution < 1.29 is 14.3 Å². The number of nitrogens with one attached hydrogen (secondary N) is 1. The van der Waals surface area contributed by atoms with Gasteiger partial charge in [-0.1, -0.05) is 0 Å². The minimum Gasteiger partial charge on any atom is -0.497 e. The van der Waals surface area contributed by atoms with Gasteiger partial charge in [0.2, 0.25) is 0 Å². The SMILES string of the molecule is COCC(=O)CC(C)=NCCc1c[nH]c2ccc(OC)cc12. The summed E-state index contributed by atoms with van der Waals surface area (Å²) in [7, 11) is 3.19. The number of carbonyl (C=O) groups is 1. The van der Waals surface area contributed by atoms with Crippen LogP contribution in [0.25, 0.3) is 10.9 Å². The second-order valence-electron chi connectivity index (χ2n) is 5.24. The van der Waals surface area contributed by atoms with Gasteiger partial charge in [-0.05, 0) is 37.1 Å². The smallest absolute Gasteiger partial charge is 0.164 e. The summed E-state index contributed by atoms with van der Waals surface area (Å²) in [6.07, 6.45) is 3.18. The highest BCUT2D eigenvalue weighted by Gasteiger charge is 2.06. The van der Waals surface area contributed by atoms with Crippen LogP contribution < -0.4 is 4.74 Å². The largest absolute Gasteiger partial charge is 0.497 e. The zero-order valence-corrected chi connectivity index (χ0v) is 13.3. The van der Waals surface area contributed by atoms with Crippen molar-refractivity contribution in [2.45, 2.75) is 19.8 Å². The van der Waals surface area contributed by atoms with Gasteiger partial charge < -0.3 is 14.5 Å². The highest BCUT2D eigenvalue weighted by atomic mass is 16.5. The van der Waals surface area contributed by atoms with Gasteiger partial charge in [0.05, 0.1) is 7.11 Å². The third-order valence-corrected chi connectivity index (χ3v) is 3.50. The molecule has 5 heteroatoms. The van der Waals surface area contributed by atoms with Gasteiger partial charge >= 0.3 is 0 Å². The molecule has 0 unspecified atom stereocenters. The van der Waals surface area contributed by atoms with E-state index in [2.05, 4.69) is 9.98 Å². The van der Waals surface area contributed by atoms with Crippen LogP contribution in [0, 0.1) is 0 Å². The Morgan fingerprint density at radius 3 is 2.86 bits per heavy atom. The van der Waals surface area contributed by atoms with Crippen LogP contribution in [0.15, 0.2) is 29.4 Å². The van der Waals surface area contributed by atoms with Crippen LogP contribution in [0.4, 0.5) is 0 Å². The first-order valence-electron chi connectivity index (χ1n) is 7.28. The highest BCUT2D eigenvalue weighted by Crippen LogP contribution is 2.23. The minimum atomic E-state index is 0.0561. The lowest BCUT2D eigenvalue weighted by atomic mass is 10.1. The van der Waals surface area contributed by atoms with Crippen molar-refractivity contribution in [3.63, 3.8) is 0 Å². The third kappa shape index (κ3) is 4.18. The Kier molecular flexibility index (Phi) is 5.72. The van der Waals surface area contributed by atoms with Gasteiger partial charge in [0, 0.05) is 42.9 Å². The van der Waals surface area contributed by atoms with Crippen LogP contribution in [-0.4, -0.2) is 43.9 Å². The van der Waals surface area contributed by atoms with E-state index in [1.165, 1.54) is 12.7 Å². The number of ether oxygens (including phenoxy) is 2. The molecule has 0 saturated carbocycles. The molecule has 0 aliphatic rings. The molecule has 1 aromatic heterocycles. The summed E-state index contributed by atoms with van der Waals surface area (Å²) in [6, 6.07) is 5.97. The summed E-state index contributed by atoms with van der Waals surface area (Å²) >= 11 is 0. The Labute approximate surface area is 130 Å². The van der Waals surface area contributed by atoms with Gasteiger partial charge in [0.25, 0.3) is 0 Å². The Bertz CT molecular complexity index is 674. The number of hydrogen-bond acceptors (Lipinski definition) is 4. The van der Waals surface area contributed by atoms with E-state index in [0.717, 1.165) is 28.8 Å². The minimum absolute atomic E-state index is 0.0561. The first-order valence-corrected chi connectivity index (χ1v) is 7.28. The molecule has 1 heterocycles. The quantitative estimate of drug-likeness (QED) is 0.763. The fraction of sp³-hybridized carbons (Fsp3) is 0.412. The van der Waals surface area contributed by atoms with Gasteiger partial charge in [0.1, 0.15) is 12.4 Å². The number of carbonyl (C=O) groups excluding carboxylic acids is 1. The number of aromatic amines is 1. The molecular formula is C17H22N2O3. The van der Waals surface area contributed by atoms with E-state index in [-0.39, 0.29) is 12.4 Å². The molecule has 0 fully saturated rings. The van der Waals surface area contributed by atoms with Crippen molar-refractivity contribution in [1.29, 1.82) is 0 Å². The fourth-order valence-corrected chi connectivity index (χ4v) is 2.41. The number of rotatable bonds is 8. The molecule has 0 radical (unpaired) electrons. The summed E-state index contributed by atoms with van der Waals surface area (Å²) in [4.78, 5) is 19.2. The Morgan fingerprint density at radius 2 is 2.14 bits per heavy atom. The van der Waals surface area contributed by atoms with E-state index >= 15 is 0 Å². The molecule has 0 bridgehead atoms. The summed E-state index contributed by atoms with van der Waals surface area (Å²) in [5, 5.41) is 1.16. The maximum atomic E-state index is 11.5. The van der Waals surface area contributed by atoms with E-state index in [4.69, 9.17) is 9.47 Å². The van der Waals surface area contributed by atoms with Crippen LogP contribution in [0.5, 0.6) is 5.75 Å². The first kappa shape index (κ1) is 16.2. The number of Topliss-reactive ketones (excluding diaryl/α,β-unsaturated/α-hetero) is 1. The summed E-state index contributed by atoms with van der Waals surface area (Å²) in [6.45, 7) is 2.69. The average molecular weight is 302 g/mol. The molecule has 0 spiro atoms. The van der Waals surface area contributed by atoms with Gasteiger partial charge in [-0.2, -0.15) is 0 Å². The number of fused-ring (bicyclic) bond motifs is 1. The van der Waals surface area contributed by atoms with E-state index < -0.39 is 0 Å². The maximum absolute atomic E-state index is 11.5. The van der Waals surface area contributed by atoms with Gasteiger partial charge in [0.15, 0.2) is 5.78 Å². The van der Waals surface area contributed by atoms with Crippen LogP contribution in [-0.2, 0) is 16.0 Å². The standard InChI is InChI=1S/C17H22N2O3/c1-12(8-14(20)11-21-2)18-7-6-13-10-19-17-5-4-15(22-3)9-16(13)17/h4-5,9-10,19H,6-8,11H2,1-3H3. The second kappa shape index (κ2) is 7.75.